The van der Waals surface area contributed by atoms with Gasteiger partial charge in [-0.2, -0.15) is 0 Å². The van der Waals surface area contributed by atoms with Gasteiger partial charge in [0.25, 0.3) is 10.2 Å². The largest absolute Gasteiger partial charge is 0.519 e. The lowest BCUT2D eigenvalue weighted by molar-refractivity contribution is -0.790. The van der Waals surface area contributed by atoms with Crippen molar-refractivity contribution in [2.24, 2.45) is 0 Å². The zero-order chi connectivity index (χ0) is 15.8. The third kappa shape index (κ3) is 5.93. The topological polar surface area (TPSA) is 148 Å². The first-order chi connectivity index (χ1) is 9.92. The Morgan fingerprint density at radius 1 is 1.19 bits per heavy atom. The monoisotopic (exact) mass is 306 g/mol. The Balaban J connectivity index is 2.49. The van der Waals surface area contributed by atoms with Crippen LogP contribution in [-0.2, 0) is 22.5 Å². The molecule has 1 heterocycles. The molecule has 0 aliphatic carbocycles. The second-order valence-corrected chi connectivity index (χ2v) is 4.02. The Morgan fingerprint density at radius 2 is 1.86 bits per heavy atom. The fraction of sp³-hybridized carbons (Fsp3) is 0.700. The van der Waals surface area contributed by atoms with Crippen LogP contribution in [0.2, 0.25) is 0 Å². The van der Waals surface area contributed by atoms with Gasteiger partial charge in [-0.25, -0.2) is 4.79 Å². The Labute approximate surface area is 117 Å². The molecule has 0 aromatic carbocycles. The van der Waals surface area contributed by atoms with Gasteiger partial charge in [0.15, 0.2) is 0 Å². The third-order valence-corrected chi connectivity index (χ3v) is 2.58. The molecule has 0 saturated heterocycles. The second kappa shape index (κ2) is 7.87. The molecule has 0 amide bonds. The Morgan fingerprint density at radius 3 is 2.43 bits per heavy atom. The van der Waals surface area contributed by atoms with Crippen LogP contribution >= 0.6 is 0 Å². The molecule has 11 nitrogen and oxygen atoms in total. The Bertz CT molecular complexity index is 535. The average Bonchev–Trinajstić information content (AvgIpc) is 2.75. The maximum atomic E-state index is 10.9. The van der Waals surface area contributed by atoms with E-state index in [1.807, 2.05) is 0 Å². The van der Waals surface area contributed by atoms with Crippen LogP contribution in [0.4, 0.5) is 0 Å². The molecule has 1 rings (SSSR count). The molecule has 0 aliphatic heterocycles. The normalized spacial score (nSPS) is 11.9. The minimum atomic E-state index is -1.07. The highest BCUT2D eigenvalue weighted by atomic mass is 17.0. The van der Waals surface area contributed by atoms with Gasteiger partial charge in [0.1, 0.15) is 24.2 Å². The van der Waals surface area contributed by atoms with Gasteiger partial charge in [0, 0.05) is 12.8 Å². The summed E-state index contributed by atoms with van der Waals surface area (Å²) in [5.41, 5.74) is 0. The highest BCUT2D eigenvalue weighted by molar-refractivity contribution is 5.02. The molecule has 1 aromatic rings. The van der Waals surface area contributed by atoms with E-state index in [9.17, 15) is 25.0 Å². The van der Waals surface area contributed by atoms with Crippen molar-refractivity contribution in [3.8, 4) is 0 Å². The van der Waals surface area contributed by atoms with Crippen LogP contribution < -0.4 is 5.82 Å². The van der Waals surface area contributed by atoms with Gasteiger partial charge in [0.2, 0.25) is 0 Å². The maximum absolute atomic E-state index is 10.9. The van der Waals surface area contributed by atoms with E-state index in [-0.39, 0.29) is 6.42 Å². The lowest BCUT2D eigenvalue weighted by Gasteiger charge is -2.12. The van der Waals surface area contributed by atoms with Crippen LogP contribution in [0.5, 0.6) is 0 Å². The van der Waals surface area contributed by atoms with E-state index in [0.717, 1.165) is 0 Å². The van der Waals surface area contributed by atoms with Gasteiger partial charge in [-0.3, -0.25) is 0 Å². The summed E-state index contributed by atoms with van der Waals surface area (Å²) < 4.78 is 9.62. The van der Waals surface area contributed by atoms with E-state index in [1.54, 1.807) is 6.92 Å². The molecule has 0 bridgehead atoms. The first-order valence-corrected chi connectivity index (χ1v) is 6.12. The molecular weight excluding hydrogens is 292 g/mol. The lowest BCUT2D eigenvalue weighted by atomic mass is 10.1. The third-order valence-electron chi connectivity index (χ3n) is 2.58. The SMILES string of the molecule is CCc1oc(=O)oc1CCCC(CO[N+](=O)[O-])O[N+](=O)[O-]. The molecule has 118 valence electrons. The molecule has 1 aromatic heterocycles. The van der Waals surface area contributed by atoms with Gasteiger partial charge < -0.3 is 18.5 Å². The molecule has 0 fully saturated rings. The predicted molar refractivity (Wildman–Crippen MR) is 64.4 cm³/mol. The molecule has 21 heavy (non-hydrogen) atoms. The number of aryl methyl sites for hydroxylation is 2. The van der Waals surface area contributed by atoms with Crippen LogP contribution in [0.3, 0.4) is 0 Å². The number of hydrogen-bond donors (Lipinski definition) is 0. The van der Waals surface area contributed by atoms with E-state index in [1.165, 1.54) is 0 Å². The highest BCUT2D eigenvalue weighted by Crippen LogP contribution is 2.13. The van der Waals surface area contributed by atoms with E-state index in [4.69, 9.17) is 8.83 Å². The van der Waals surface area contributed by atoms with Crippen molar-refractivity contribution in [1.82, 2.24) is 0 Å². The minimum absolute atomic E-state index is 0.118. The van der Waals surface area contributed by atoms with E-state index < -0.39 is 28.7 Å². The van der Waals surface area contributed by atoms with Gasteiger partial charge >= 0.3 is 5.82 Å². The fourth-order valence-electron chi connectivity index (χ4n) is 1.72. The smallest absolute Gasteiger partial charge is 0.396 e. The number of nitrogens with zero attached hydrogens (tertiary/aromatic N) is 2. The van der Waals surface area contributed by atoms with Gasteiger partial charge in [0.05, 0.1) is 0 Å². The molecule has 1 atom stereocenters. The molecule has 0 spiro atoms. The molecule has 0 N–H and O–H groups in total. The molecule has 0 saturated carbocycles. The summed E-state index contributed by atoms with van der Waals surface area (Å²) in [7, 11) is 0. The Kier molecular flexibility index (Phi) is 6.17. The van der Waals surface area contributed by atoms with Crippen LogP contribution in [-0.4, -0.2) is 22.9 Å². The summed E-state index contributed by atoms with van der Waals surface area (Å²) in [6.07, 6.45) is 0.154. The Hall–Kier alpha value is -2.59. The van der Waals surface area contributed by atoms with Crippen molar-refractivity contribution in [1.29, 1.82) is 0 Å². The summed E-state index contributed by atoms with van der Waals surface area (Å²) in [5, 5.41) is 18.2. The van der Waals surface area contributed by atoms with Crippen molar-refractivity contribution in [3.63, 3.8) is 0 Å². The predicted octanol–water partition coefficient (Wildman–Crippen LogP) is 0.903. The van der Waals surface area contributed by atoms with Crippen LogP contribution in [0.25, 0.3) is 0 Å². The second-order valence-electron chi connectivity index (χ2n) is 4.02. The van der Waals surface area contributed by atoms with Crippen LogP contribution in [0, 0.1) is 20.2 Å². The summed E-state index contributed by atoms with van der Waals surface area (Å²) in [4.78, 5) is 39.6. The molecule has 11 heteroatoms. The van der Waals surface area contributed by atoms with Crippen LogP contribution in [0.1, 0.15) is 31.3 Å². The summed E-state index contributed by atoms with van der Waals surface area (Å²) in [6.45, 7) is 1.23. The van der Waals surface area contributed by atoms with Crippen molar-refractivity contribution in [2.75, 3.05) is 6.61 Å². The molecule has 1 unspecified atom stereocenters. The summed E-state index contributed by atoms with van der Waals surface area (Å²) in [5.74, 6) is -0.0394. The van der Waals surface area contributed by atoms with E-state index in [0.29, 0.717) is 30.8 Å². The minimum Gasteiger partial charge on any atom is -0.396 e. The van der Waals surface area contributed by atoms with E-state index in [2.05, 4.69) is 9.68 Å². The standard InChI is InChI=1S/C10H14N2O9/c1-2-8-9(20-10(13)19-8)5-3-4-7(21-12(16)17)6-18-11(14)15/h7H,2-6H2,1H3. The average molecular weight is 306 g/mol. The lowest BCUT2D eigenvalue weighted by Crippen LogP contribution is -2.24. The number of rotatable bonds is 10. The van der Waals surface area contributed by atoms with Crippen molar-refractivity contribution < 1.29 is 28.7 Å². The maximum Gasteiger partial charge on any atom is 0.519 e. The fourth-order valence-corrected chi connectivity index (χ4v) is 1.72. The molecule has 0 aliphatic rings. The van der Waals surface area contributed by atoms with Crippen LogP contribution in [0.15, 0.2) is 13.6 Å². The summed E-state index contributed by atoms with van der Waals surface area (Å²) >= 11 is 0. The van der Waals surface area contributed by atoms with Crippen molar-refractivity contribution in [2.45, 2.75) is 38.7 Å². The van der Waals surface area contributed by atoms with Gasteiger partial charge in [-0.1, -0.05) is 6.92 Å². The first kappa shape index (κ1) is 16.5. The summed E-state index contributed by atoms with van der Waals surface area (Å²) in [6, 6.07) is 0. The quantitative estimate of drug-likeness (QED) is 0.454. The molecular formula is C10H14N2O9. The van der Waals surface area contributed by atoms with Gasteiger partial charge in [-0.15, -0.1) is 20.2 Å². The zero-order valence-corrected chi connectivity index (χ0v) is 11.2. The highest BCUT2D eigenvalue weighted by Gasteiger charge is 2.17. The zero-order valence-electron chi connectivity index (χ0n) is 11.2. The van der Waals surface area contributed by atoms with E-state index >= 15 is 0 Å². The van der Waals surface area contributed by atoms with Crippen molar-refractivity contribution in [3.05, 3.63) is 42.4 Å². The molecule has 0 radical (unpaired) electrons. The van der Waals surface area contributed by atoms with Gasteiger partial charge in [-0.05, 0) is 12.8 Å². The number of hydrogen-bond acceptors (Lipinski definition) is 9. The first-order valence-electron chi connectivity index (χ1n) is 6.12. The van der Waals surface area contributed by atoms with Crippen molar-refractivity contribution >= 4 is 0 Å².